The van der Waals surface area contributed by atoms with Gasteiger partial charge in [0, 0.05) is 35.6 Å². The Morgan fingerprint density at radius 1 is 0.773 bits per heavy atom. The molecule has 0 aliphatic heterocycles. The molecule has 2 amide bonds. The lowest BCUT2D eigenvalue weighted by atomic mass is 10.0. The monoisotopic (exact) mass is 649 g/mol. The third-order valence-electron chi connectivity index (χ3n) is 7.40. The number of rotatable bonds is 13. The van der Waals surface area contributed by atoms with Crippen molar-refractivity contribution in [3.63, 3.8) is 0 Å². The maximum atomic E-state index is 14.0. The van der Waals surface area contributed by atoms with E-state index in [-0.39, 0.29) is 42.3 Å². The summed E-state index contributed by atoms with van der Waals surface area (Å²) in [6, 6.07) is 29.3. The van der Waals surface area contributed by atoms with E-state index in [1.807, 2.05) is 54.6 Å². The molecule has 1 saturated carbocycles. The highest BCUT2D eigenvalue weighted by molar-refractivity contribution is 7.89. The van der Waals surface area contributed by atoms with Crippen molar-refractivity contribution in [2.24, 2.45) is 0 Å². The number of nitrogens with zero attached hydrogens (tertiary/aromatic N) is 1. The average molecular weight is 651 g/mol. The Hall–Kier alpha value is -3.69. The molecule has 1 fully saturated rings. The fraction of sp³-hybridized carbons (Fsp3) is 0.235. The highest BCUT2D eigenvalue weighted by Crippen LogP contribution is 2.27. The molecule has 7 nitrogen and oxygen atoms in total. The lowest BCUT2D eigenvalue weighted by molar-refractivity contribution is -0.141. The molecule has 0 heterocycles. The minimum absolute atomic E-state index is 0.0184. The summed E-state index contributed by atoms with van der Waals surface area (Å²) in [6.45, 7) is 0.459. The summed E-state index contributed by atoms with van der Waals surface area (Å²) in [5, 5.41) is 4.18. The van der Waals surface area contributed by atoms with Crippen molar-refractivity contribution in [3.8, 4) is 0 Å². The van der Waals surface area contributed by atoms with Crippen LogP contribution in [0.2, 0.25) is 10.0 Å². The molecule has 1 aliphatic carbocycles. The number of amides is 2. The second-order valence-corrected chi connectivity index (χ2v) is 13.4. The highest BCUT2D eigenvalue weighted by Gasteiger charge is 2.31. The lowest BCUT2D eigenvalue weighted by Gasteiger charge is -2.32. The van der Waals surface area contributed by atoms with Crippen LogP contribution in [-0.2, 0) is 39.1 Å². The van der Waals surface area contributed by atoms with E-state index in [0.29, 0.717) is 22.0 Å². The Morgan fingerprint density at radius 3 is 1.93 bits per heavy atom. The Balaban J connectivity index is 1.37. The first-order valence-corrected chi connectivity index (χ1v) is 16.6. The van der Waals surface area contributed by atoms with Crippen LogP contribution in [-0.4, -0.2) is 31.2 Å². The van der Waals surface area contributed by atoms with Crippen molar-refractivity contribution in [2.45, 2.75) is 55.8 Å². The molecule has 5 rings (SSSR count). The Bertz CT molecular complexity index is 1680. The van der Waals surface area contributed by atoms with E-state index in [4.69, 9.17) is 23.2 Å². The molecular weight excluding hydrogens is 617 g/mol. The highest BCUT2D eigenvalue weighted by atomic mass is 35.5. The first kappa shape index (κ1) is 31.7. The van der Waals surface area contributed by atoms with Gasteiger partial charge in [-0.15, -0.1) is 0 Å². The Kier molecular flexibility index (Phi) is 10.4. The zero-order chi connectivity index (χ0) is 31.1. The molecule has 228 valence electrons. The maximum Gasteiger partial charge on any atom is 0.247 e. The van der Waals surface area contributed by atoms with Crippen LogP contribution in [0.3, 0.4) is 0 Å². The molecule has 4 aromatic rings. The van der Waals surface area contributed by atoms with Gasteiger partial charge in [-0.3, -0.25) is 9.59 Å². The van der Waals surface area contributed by atoms with Crippen molar-refractivity contribution < 1.29 is 18.0 Å². The van der Waals surface area contributed by atoms with Crippen LogP contribution in [0, 0.1) is 0 Å². The summed E-state index contributed by atoms with van der Waals surface area (Å²) in [5.74, 6) is -0.534. The summed E-state index contributed by atoms with van der Waals surface area (Å²) in [5.41, 5.74) is 3.20. The Labute approximate surface area is 268 Å². The number of carbonyl (C=O) groups excluding carboxylic acids is 2. The molecule has 1 aliphatic rings. The van der Waals surface area contributed by atoms with E-state index in [0.717, 1.165) is 29.5 Å². The normalized spacial score (nSPS) is 13.7. The molecule has 2 N–H and O–H groups in total. The number of nitrogens with one attached hydrogen (secondary N) is 2. The molecule has 0 spiro atoms. The van der Waals surface area contributed by atoms with Crippen LogP contribution in [0.5, 0.6) is 0 Å². The average Bonchev–Trinajstić information content (AvgIpc) is 3.84. The number of hydrogen-bond donors (Lipinski definition) is 2. The van der Waals surface area contributed by atoms with Gasteiger partial charge >= 0.3 is 0 Å². The van der Waals surface area contributed by atoms with Crippen LogP contribution in [0.4, 0.5) is 0 Å². The summed E-state index contributed by atoms with van der Waals surface area (Å²) >= 11 is 12.1. The first-order valence-electron chi connectivity index (χ1n) is 14.4. The van der Waals surface area contributed by atoms with E-state index in [2.05, 4.69) is 10.0 Å². The van der Waals surface area contributed by atoms with Gasteiger partial charge in [-0.2, -0.15) is 0 Å². The summed E-state index contributed by atoms with van der Waals surface area (Å²) in [4.78, 5) is 29.6. The van der Waals surface area contributed by atoms with Gasteiger partial charge in [0.25, 0.3) is 0 Å². The number of benzene rings is 4. The van der Waals surface area contributed by atoms with Gasteiger partial charge in [0.2, 0.25) is 21.8 Å². The Morgan fingerprint density at radius 2 is 1.34 bits per heavy atom. The SMILES string of the molecule is O=C(NCc1ccc(Cl)cc1)[C@H](c1ccccc1)N(Cc1ccc(Cl)cc1)C(=O)CCc1ccc(S(=O)(=O)NC2CC2)cc1. The fourth-order valence-corrected chi connectivity index (χ4v) is 6.38. The third kappa shape index (κ3) is 8.70. The second kappa shape index (κ2) is 14.4. The first-order chi connectivity index (χ1) is 21.2. The summed E-state index contributed by atoms with van der Waals surface area (Å²) < 4.78 is 27.8. The minimum atomic E-state index is -3.56. The van der Waals surface area contributed by atoms with Gasteiger partial charge < -0.3 is 10.2 Å². The lowest BCUT2D eigenvalue weighted by Crippen LogP contribution is -2.43. The predicted molar refractivity (Wildman–Crippen MR) is 173 cm³/mol. The molecule has 0 radical (unpaired) electrons. The zero-order valence-corrected chi connectivity index (χ0v) is 26.3. The van der Waals surface area contributed by atoms with Gasteiger partial charge in [-0.25, -0.2) is 13.1 Å². The number of aryl methyl sites for hydroxylation is 1. The van der Waals surface area contributed by atoms with Crippen LogP contribution in [0.15, 0.2) is 108 Å². The van der Waals surface area contributed by atoms with Crippen molar-refractivity contribution in [1.82, 2.24) is 14.9 Å². The molecule has 10 heteroatoms. The molecule has 44 heavy (non-hydrogen) atoms. The standard InChI is InChI=1S/C34H33Cl2N3O4S/c35-28-13-6-25(7-14-28)22-37-34(41)33(27-4-2-1-3-5-27)39(23-26-8-15-29(36)16-9-26)32(40)21-12-24-10-19-31(20-11-24)44(42,43)38-30-17-18-30/h1-11,13-16,19-20,30,33,38H,12,17-18,21-23H2,(H,37,41)/t33-/m0/s1. The van der Waals surface area contributed by atoms with Gasteiger partial charge in [0.1, 0.15) is 6.04 Å². The van der Waals surface area contributed by atoms with Crippen LogP contribution in [0.25, 0.3) is 0 Å². The molecule has 0 bridgehead atoms. The predicted octanol–water partition coefficient (Wildman–Crippen LogP) is 6.45. The van der Waals surface area contributed by atoms with Gasteiger partial charge in [-0.05, 0) is 77.9 Å². The summed E-state index contributed by atoms with van der Waals surface area (Å²) in [6.07, 6.45) is 2.21. The number of halogens is 2. The third-order valence-corrected chi connectivity index (χ3v) is 9.44. The van der Waals surface area contributed by atoms with Crippen molar-refractivity contribution in [2.75, 3.05) is 0 Å². The fourth-order valence-electron chi connectivity index (χ4n) is 4.83. The molecule has 0 saturated heterocycles. The minimum Gasteiger partial charge on any atom is -0.350 e. The zero-order valence-electron chi connectivity index (χ0n) is 24.0. The molecular formula is C34H33Cl2N3O4S. The van der Waals surface area contributed by atoms with Gasteiger partial charge in [0.05, 0.1) is 4.90 Å². The topological polar surface area (TPSA) is 95.6 Å². The van der Waals surface area contributed by atoms with Gasteiger partial charge in [0.15, 0.2) is 0 Å². The summed E-state index contributed by atoms with van der Waals surface area (Å²) in [7, 11) is -3.56. The maximum absolute atomic E-state index is 14.0. The number of carbonyl (C=O) groups is 2. The molecule has 4 aromatic carbocycles. The van der Waals surface area contributed by atoms with E-state index >= 15 is 0 Å². The van der Waals surface area contributed by atoms with E-state index in [1.54, 1.807) is 53.4 Å². The van der Waals surface area contributed by atoms with Gasteiger partial charge in [-0.1, -0.05) is 89.9 Å². The number of sulfonamides is 1. The van der Waals surface area contributed by atoms with E-state index in [9.17, 15) is 18.0 Å². The van der Waals surface area contributed by atoms with Crippen LogP contribution < -0.4 is 10.0 Å². The van der Waals surface area contributed by atoms with E-state index < -0.39 is 16.1 Å². The van der Waals surface area contributed by atoms with Crippen molar-refractivity contribution in [1.29, 1.82) is 0 Å². The number of hydrogen-bond acceptors (Lipinski definition) is 4. The molecule has 0 aromatic heterocycles. The van der Waals surface area contributed by atoms with Crippen LogP contribution in [0.1, 0.15) is 47.6 Å². The van der Waals surface area contributed by atoms with Crippen molar-refractivity contribution >= 4 is 45.0 Å². The van der Waals surface area contributed by atoms with E-state index in [1.165, 1.54) is 0 Å². The molecule has 1 atom stereocenters. The second-order valence-electron chi connectivity index (χ2n) is 10.8. The van der Waals surface area contributed by atoms with Crippen molar-refractivity contribution in [3.05, 3.63) is 135 Å². The molecule has 0 unspecified atom stereocenters. The quantitative estimate of drug-likeness (QED) is 0.174. The largest absolute Gasteiger partial charge is 0.350 e. The van der Waals surface area contributed by atoms with Crippen LogP contribution >= 0.6 is 23.2 Å². The smallest absolute Gasteiger partial charge is 0.247 e.